The number of aliphatic hydroxyl groups excluding tert-OH is 1. The first-order valence-electron chi connectivity index (χ1n) is 6.99. The summed E-state index contributed by atoms with van der Waals surface area (Å²) in [6, 6.07) is 3.67. The summed E-state index contributed by atoms with van der Waals surface area (Å²) in [6.45, 7) is 2.31. The lowest BCUT2D eigenvalue weighted by Crippen LogP contribution is -2.47. The van der Waals surface area contributed by atoms with Crippen LogP contribution in [0.2, 0.25) is 0 Å². The number of aliphatic hydroxyl groups is 1. The second-order valence-corrected chi connectivity index (χ2v) is 5.66. The van der Waals surface area contributed by atoms with Gasteiger partial charge in [0.2, 0.25) is 0 Å². The Morgan fingerprint density at radius 1 is 1.40 bits per heavy atom. The van der Waals surface area contributed by atoms with Crippen molar-refractivity contribution >= 4 is 0 Å². The summed E-state index contributed by atoms with van der Waals surface area (Å²) >= 11 is 0. The first-order chi connectivity index (χ1) is 9.52. The van der Waals surface area contributed by atoms with Crippen LogP contribution in [0.1, 0.15) is 32.6 Å². The van der Waals surface area contributed by atoms with Crippen molar-refractivity contribution in [2.45, 2.75) is 44.2 Å². The van der Waals surface area contributed by atoms with Crippen molar-refractivity contribution in [3.05, 3.63) is 29.8 Å². The third-order valence-electron chi connectivity index (χ3n) is 3.50. The van der Waals surface area contributed by atoms with Crippen molar-refractivity contribution in [3.8, 4) is 5.75 Å². The summed E-state index contributed by atoms with van der Waals surface area (Å²) in [5, 5.41) is 12.8. The normalized spacial score (nSPS) is 17.8. The van der Waals surface area contributed by atoms with Gasteiger partial charge in [-0.2, -0.15) is 0 Å². The number of hydrogen-bond donors (Lipinski definition) is 2. The van der Waals surface area contributed by atoms with E-state index in [-0.39, 0.29) is 17.9 Å². The van der Waals surface area contributed by atoms with E-state index in [9.17, 15) is 13.9 Å². The van der Waals surface area contributed by atoms with Crippen LogP contribution in [0.15, 0.2) is 18.2 Å². The highest BCUT2D eigenvalue weighted by atomic mass is 19.1. The zero-order chi connectivity index (χ0) is 14.6. The molecule has 2 N–H and O–H groups in total. The van der Waals surface area contributed by atoms with E-state index >= 15 is 0 Å². The molecular weight excluding hydrogens is 264 g/mol. The zero-order valence-electron chi connectivity index (χ0n) is 11.7. The van der Waals surface area contributed by atoms with Gasteiger partial charge in [0.1, 0.15) is 5.82 Å². The molecule has 3 nitrogen and oxygen atoms in total. The Morgan fingerprint density at radius 3 is 2.80 bits per heavy atom. The van der Waals surface area contributed by atoms with Gasteiger partial charge in [-0.05, 0) is 44.7 Å². The Kier molecular flexibility index (Phi) is 4.94. The fourth-order valence-corrected chi connectivity index (χ4v) is 2.15. The molecule has 1 aliphatic rings. The minimum atomic E-state index is -0.563. The van der Waals surface area contributed by atoms with Crippen LogP contribution in [0.25, 0.3) is 0 Å². The molecule has 1 fully saturated rings. The maximum atomic E-state index is 13.3. The van der Waals surface area contributed by atoms with E-state index in [4.69, 9.17) is 4.74 Å². The molecule has 1 aromatic rings. The second-order valence-electron chi connectivity index (χ2n) is 5.66. The quantitative estimate of drug-likeness (QED) is 0.721. The number of ether oxygens (including phenoxy) is 1. The van der Waals surface area contributed by atoms with E-state index < -0.39 is 11.6 Å². The van der Waals surface area contributed by atoms with Crippen LogP contribution in [-0.4, -0.2) is 29.9 Å². The van der Waals surface area contributed by atoms with Crippen molar-refractivity contribution < 1.29 is 18.6 Å². The Hall–Kier alpha value is -1.20. The molecule has 0 bridgehead atoms. The van der Waals surface area contributed by atoms with E-state index in [1.165, 1.54) is 0 Å². The predicted octanol–water partition coefficient (Wildman–Crippen LogP) is 2.63. The fourth-order valence-electron chi connectivity index (χ4n) is 2.15. The van der Waals surface area contributed by atoms with Gasteiger partial charge < -0.3 is 15.2 Å². The smallest absolute Gasteiger partial charge is 0.165 e. The van der Waals surface area contributed by atoms with Crippen molar-refractivity contribution in [3.63, 3.8) is 0 Å². The van der Waals surface area contributed by atoms with Crippen molar-refractivity contribution in [1.82, 2.24) is 5.32 Å². The van der Waals surface area contributed by atoms with E-state index in [0.717, 1.165) is 37.5 Å². The van der Waals surface area contributed by atoms with Gasteiger partial charge >= 0.3 is 0 Å². The Labute approximate surface area is 117 Å². The average molecular weight is 285 g/mol. The molecule has 0 amide bonds. The molecule has 1 aromatic carbocycles. The summed E-state index contributed by atoms with van der Waals surface area (Å²) < 4.78 is 31.5. The molecule has 0 saturated heterocycles. The van der Waals surface area contributed by atoms with Gasteiger partial charge in [0.25, 0.3) is 0 Å². The Bertz CT molecular complexity index is 451. The molecule has 20 heavy (non-hydrogen) atoms. The molecule has 112 valence electrons. The number of halogens is 2. The third kappa shape index (κ3) is 4.42. The van der Waals surface area contributed by atoms with Crippen LogP contribution in [-0.2, 0) is 0 Å². The summed E-state index contributed by atoms with van der Waals surface area (Å²) in [6.07, 6.45) is 3.69. The van der Waals surface area contributed by atoms with E-state index in [1.54, 1.807) is 0 Å². The first kappa shape index (κ1) is 15.2. The molecule has 0 radical (unpaired) electrons. The molecule has 1 atom stereocenters. The topological polar surface area (TPSA) is 41.5 Å². The molecule has 1 saturated carbocycles. The molecular formula is C15H21F2NO2. The lowest BCUT2D eigenvalue weighted by molar-refractivity contribution is 0.153. The minimum absolute atomic E-state index is 0.0534. The standard InChI is InChI=1S/C15H21F2NO2/c1-15(10-19,18-12-4-5-12)7-2-8-20-14-9-11(16)3-6-13(14)17/h3,6,9,12,18-19H,2,4-5,7-8,10H2,1H3. The Morgan fingerprint density at radius 2 is 2.15 bits per heavy atom. The molecule has 1 unspecified atom stereocenters. The summed E-state index contributed by atoms with van der Waals surface area (Å²) in [5.74, 6) is -1.14. The van der Waals surface area contributed by atoms with Crippen molar-refractivity contribution in [2.24, 2.45) is 0 Å². The zero-order valence-corrected chi connectivity index (χ0v) is 11.7. The molecule has 0 spiro atoms. The van der Waals surface area contributed by atoms with Crippen LogP contribution in [0.5, 0.6) is 5.75 Å². The third-order valence-corrected chi connectivity index (χ3v) is 3.50. The van der Waals surface area contributed by atoms with Gasteiger partial charge in [-0.15, -0.1) is 0 Å². The summed E-state index contributed by atoms with van der Waals surface area (Å²) in [4.78, 5) is 0. The number of nitrogens with one attached hydrogen (secondary N) is 1. The average Bonchev–Trinajstić information content (AvgIpc) is 3.22. The van der Waals surface area contributed by atoms with Crippen molar-refractivity contribution in [1.29, 1.82) is 0 Å². The SMILES string of the molecule is CC(CO)(CCCOc1cc(F)ccc1F)NC1CC1. The van der Waals surface area contributed by atoms with Crippen LogP contribution in [0, 0.1) is 11.6 Å². The van der Waals surface area contributed by atoms with E-state index in [0.29, 0.717) is 19.1 Å². The summed E-state index contributed by atoms with van der Waals surface area (Å²) in [7, 11) is 0. The number of rotatable bonds is 8. The maximum Gasteiger partial charge on any atom is 0.165 e. The van der Waals surface area contributed by atoms with E-state index in [2.05, 4.69) is 5.32 Å². The predicted molar refractivity (Wildman–Crippen MR) is 72.7 cm³/mol. The number of hydrogen-bond acceptors (Lipinski definition) is 3. The van der Waals surface area contributed by atoms with Gasteiger partial charge in [-0.25, -0.2) is 8.78 Å². The van der Waals surface area contributed by atoms with Gasteiger partial charge in [-0.3, -0.25) is 0 Å². The van der Waals surface area contributed by atoms with Crippen LogP contribution < -0.4 is 10.1 Å². The van der Waals surface area contributed by atoms with Crippen LogP contribution in [0.4, 0.5) is 8.78 Å². The fraction of sp³-hybridized carbons (Fsp3) is 0.600. The molecule has 0 aliphatic heterocycles. The van der Waals surface area contributed by atoms with Gasteiger partial charge in [0.15, 0.2) is 11.6 Å². The van der Waals surface area contributed by atoms with Crippen LogP contribution >= 0.6 is 0 Å². The van der Waals surface area contributed by atoms with Gasteiger partial charge in [0.05, 0.1) is 13.2 Å². The maximum absolute atomic E-state index is 13.3. The molecule has 5 heteroatoms. The molecule has 1 aliphatic carbocycles. The molecule has 2 rings (SSSR count). The van der Waals surface area contributed by atoms with E-state index in [1.807, 2.05) is 6.92 Å². The first-order valence-corrected chi connectivity index (χ1v) is 6.99. The lowest BCUT2D eigenvalue weighted by atomic mass is 9.97. The largest absolute Gasteiger partial charge is 0.490 e. The highest BCUT2D eigenvalue weighted by Gasteiger charge is 2.31. The monoisotopic (exact) mass is 285 g/mol. The molecule has 0 aromatic heterocycles. The number of benzene rings is 1. The second kappa shape index (κ2) is 6.50. The van der Waals surface area contributed by atoms with Gasteiger partial charge in [0, 0.05) is 17.6 Å². The van der Waals surface area contributed by atoms with Crippen LogP contribution in [0.3, 0.4) is 0 Å². The Balaban J connectivity index is 1.76. The minimum Gasteiger partial charge on any atom is -0.490 e. The highest BCUT2D eigenvalue weighted by Crippen LogP contribution is 2.25. The highest BCUT2D eigenvalue weighted by molar-refractivity contribution is 5.24. The molecule has 0 heterocycles. The lowest BCUT2D eigenvalue weighted by Gasteiger charge is -2.29. The van der Waals surface area contributed by atoms with Gasteiger partial charge in [-0.1, -0.05) is 0 Å². The van der Waals surface area contributed by atoms with Crippen molar-refractivity contribution in [2.75, 3.05) is 13.2 Å². The summed E-state index contributed by atoms with van der Waals surface area (Å²) in [5.41, 5.74) is -0.328.